The van der Waals surface area contributed by atoms with Crippen molar-refractivity contribution in [2.24, 2.45) is 7.05 Å². The molecular weight excluding hydrogens is 470 g/mol. The molecule has 0 spiro atoms. The maximum absolute atomic E-state index is 11.5. The Balaban J connectivity index is 1.71. The number of benzene rings is 4. The highest BCUT2D eigenvalue weighted by atomic mass is 16.3. The van der Waals surface area contributed by atoms with Gasteiger partial charge in [-0.25, -0.2) is 4.68 Å². The molecule has 38 heavy (non-hydrogen) atoms. The van der Waals surface area contributed by atoms with Crippen molar-refractivity contribution in [3.63, 3.8) is 0 Å². The van der Waals surface area contributed by atoms with E-state index in [1.165, 1.54) is 0 Å². The molecule has 1 N–H and O–H groups in total. The van der Waals surface area contributed by atoms with Gasteiger partial charge in [0.05, 0.1) is 23.2 Å². The summed E-state index contributed by atoms with van der Waals surface area (Å²) in [5, 5.41) is 32.3. The fraction of sp³-hybridized carbons (Fsp3) is 0.0938. The zero-order valence-electron chi connectivity index (χ0n) is 20.8. The fourth-order valence-corrected chi connectivity index (χ4v) is 5.34. The van der Waals surface area contributed by atoms with Gasteiger partial charge in [0.1, 0.15) is 11.3 Å². The second-order valence-electron chi connectivity index (χ2n) is 9.31. The Labute approximate surface area is 220 Å². The second-order valence-corrected chi connectivity index (χ2v) is 9.31. The van der Waals surface area contributed by atoms with Gasteiger partial charge in [-0.1, -0.05) is 96.2 Å². The number of allylic oxidation sites excluding steroid dienone is 1. The van der Waals surface area contributed by atoms with Crippen molar-refractivity contribution in [3.8, 4) is 6.07 Å². The van der Waals surface area contributed by atoms with Crippen LogP contribution in [0.5, 0.6) is 0 Å². The Kier molecular flexibility index (Phi) is 5.95. The van der Waals surface area contributed by atoms with E-state index in [0.717, 1.165) is 33.1 Å². The first kappa shape index (κ1) is 23.3. The molecule has 0 aliphatic heterocycles. The van der Waals surface area contributed by atoms with Gasteiger partial charge < -0.3 is 9.67 Å². The summed E-state index contributed by atoms with van der Waals surface area (Å²) >= 11 is 0. The molecule has 0 saturated heterocycles. The third kappa shape index (κ3) is 3.91. The molecule has 0 saturated carbocycles. The van der Waals surface area contributed by atoms with E-state index in [1.807, 2.05) is 109 Å². The first-order valence-electron chi connectivity index (χ1n) is 12.4. The van der Waals surface area contributed by atoms with Crippen LogP contribution in [-0.4, -0.2) is 24.7 Å². The number of hydrogen-bond acceptors (Lipinski definition) is 4. The SMILES string of the molecule is Cn1cc(C(C(/C(C#N)=C(\O)c2ccccc2)c2ccccc2)n2nnc3ccccc32)c2ccccc21. The third-order valence-corrected chi connectivity index (χ3v) is 7.10. The fourth-order valence-electron chi connectivity index (χ4n) is 5.34. The van der Waals surface area contributed by atoms with E-state index < -0.39 is 12.0 Å². The van der Waals surface area contributed by atoms with Gasteiger partial charge >= 0.3 is 0 Å². The number of para-hydroxylation sites is 2. The van der Waals surface area contributed by atoms with Crippen molar-refractivity contribution in [2.75, 3.05) is 0 Å². The van der Waals surface area contributed by atoms with E-state index >= 15 is 0 Å². The zero-order valence-corrected chi connectivity index (χ0v) is 20.8. The van der Waals surface area contributed by atoms with Gasteiger partial charge in [0.2, 0.25) is 0 Å². The first-order valence-corrected chi connectivity index (χ1v) is 12.4. The Morgan fingerprint density at radius 2 is 1.45 bits per heavy atom. The summed E-state index contributed by atoms with van der Waals surface area (Å²) in [4.78, 5) is 0. The Bertz CT molecular complexity index is 1810. The highest BCUT2D eigenvalue weighted by Gasteiger charge is 2.36. The van der Waals surface area contributed by atoms with Crippen molar-refractivity contribution >= 4 is 27.7 Å². The number of hydrogen-bond donors (Lipinski definition) is 1. The summed E-state index contributed by atoms with van der Waals surface area (Å²) in [6.45, 7) is 0. The Morgan fingerprint density at radius 1 is 0.816 bits per heavy atom. The van der Waals surface area contributed by atoms with E-state index in [4.69, 9.17) is 0 Å². The minimum absolute atomic E-state index is 0.0448. The Hall–Kier alpha value is -5.15. The summed E-state index contributed by atoms with van der Waals surface area (Å²) in [6.07, 6.45) is 2.09. The number of aromatic nitrogens is 4. The normalized spacial score (nSPS) is 13.7. The van der Waals surface area contributed by atoms with Crippen LogP contribution in [0.15, 0.2) is 121 Å². The molecule has 0 aliphatic carbocycles. The largest absolute Gasteiger partial charge is 0.506 e. The molecule has 6 heteroatoms. The highest BCUT2D eigenvalue weighted by Crippen LogP contribution is 2.44. The van der Waals surface area contributed by atoms with Crippen LogP contribution in [0.3, 0.4) is 0 Å². The molecule has 0 bridgehead atoms. The van der Waals surface area contributed by atoms with Gasteiger partial charge in [-0.3, -0.25) is 0 Å². The van der Waals surface area contributed by atoms with Crippen LogP contribution >= 0.6 is 0 Å². The van der Waals surface area contributed by atoms with Gasteiger partial charge in [0.15, 0.2) is 0 Å². The summed E-state index contributed by atoms with van der Waals surface area (Å²) in [6, 6.07) is 37.0. The van der Waals surface area contributed by atoms with Crippen LogP contribution in [0, 0.1) is 11.3 Å². The van der Waals surface area contributed by atoms with E-state index in [0.29, 0.717) is 5.56 Å². The van der Waals surface area contributed by atoms with Gasteiger partial charge in [-0.2, -0.15) is 5.26 Å². The van der Waals surface area contributed by atoms with Crippen LogP contribution in [0.25, 0.3) is 27.7 Å². The Morgan fingerprint density at radius 3 is 2.18 bits per heavy atom. The molecule has 6 rings (SSSR count). The van der Waals surface area contributed by atoms with Crippen molar-refractivity contribution in [2.45, 2.75) is 12.0 Å². The first-order chi connectivity index (χ1) is 18.7. The lowest BCUT2D eigenvalue weighted by Gasteiger charge is -2.28. The third-order valence-electron chi connectivity index (χ3n) is 7.10. The molecule has 2 atom stereocenters. The van der Waals surface area contributed by atoms with Gasteiger partial charge in [0.25, 0.3) is 0 Å². The van der Waals surface area contributed by atoms with Crippen molar-refractivity contribution < 1.29 is 5.11 Å². The lowest BCUT2D eigenvalue weighted by molar-refractivity contribution is 0.458. The lowest BCUT2D eigenvalue weighted by atomic mass is 9.80. The van der Waals surface area contributed by atoms with Crippen molar-refractivity contribution in [1.82, 2.24) is 19.6 Å². The van der Waals surface area contributed by atoms with Crippen LogP contribution in [0.1, 0.15) is 28.7 Å². The molecule has 6 aromatic rings. The molecule has 6 nitrogen and oxygen atoms in total. The number of aliphatic hydroxyl groups is 1. The molecule has 4 aromatic carbocycles. The second kappa shape index (κ2) is 9.72. The lowest BCUT2D eigenvalue weighted by Crippen LogP contribution is -2.23. The predicted octanol–water partition coefficient (Wildman–Crippen LogP) is 6.79. The number of aryl methyl sites for hydroxylation is 1. The van der Waals surface area contributed by atoms with Gasteiger partial charge in [0, 0.05) is 41.2 Å². The van der Waals surface area contributed by atoms with E-state index in [1.54, 1.807) is 0 Å². The molecular formula is C32H25N5O. The van der Waals surface area contributed by atoms with Gasteiger partial charge in [-0.05, 0) is 23.8 Å². The van der Waals surface area contributed by atoms with Gasteiger partial charge in [-0.15, -0.1) is 5.10 Å². The molecule has 184 valence electrons. The quantitative estimate of drug-likeness (QED) is 0.204. The number of rotatable bonds is 6. The van der Waals surface area contributed by atoms with E-state index in [2.05, 4.69) is 39.3 Å². The van der Waals surface area contributed by atoms with Crippen molar-refractivity contribution in [1.29, 1.82) is 5.26 Å². The number of aliphatic hydroxyl groups excluding tert-OH is 1. The predicted molar refractivity (Wildman–Crippen MR) is 149 cm³/mol. The number of nitriles is 1. The smallest absolute Gasteiger partial charge is 0.137 e. The highest BCUT2D eigenvalue weighted by molar-refractivity contribution is 5.85. The summed E-state index contributed by atoms with van der Waals surface area (Å²) < 4.78 is 3.98. The number of nitrogens with zero attached hydrogens (tertiary/aromatic N) is 5. The zero-order chi connectivity index (χ0) is 26.1. The van der Waals surface area contributed by atoms with Crippen LogP contribution in [-0.2, 0) is 7.05 Å². The van der Waals surface area contributed by atoms with Crippen LogP contribution < -0.4 is 0 Å². The molecule has 2 aromatic heterocycles. The molecule has 0 fully saturated rings. The molecule has 0 amide bonds. The summed E-state index contributed by atoms with van der Waals surface area (Å²) in [5.74, 6) is -0.603. The van der Waals surface area contributed by atoms with Crippen LogP contribution in [0.2, 0.25) is 0 Å². The number of fused-ring (bicyclic) bond motifs is 2. The molecule has 0 aliphatic rings. The average Bonchev–Trinajstić information content (AvgIpc) is 3.55. The van der Waals surface area contributed by atoms with Crippen LogP contribution in [0.4, 0.5) is 0 Å². The average molecular weight is 496 g/mol. The monoisotopic (exact) mass is 495 g/mol. The topological polar surface area (TPSA) is 79.7 Å². The minimum atomic E-state index is -0.558. The maximum Gasteiger partial charge on any atom is 0.137 e. The minimum Gasteiger partial charge on any atom is -0.506 e. The maximum atomic E-state index is 11.5. The molecule has 0 radical (unpaired) electrons. The van der Waals surface area contributed by atoms with E-state index in [9.17, 15) is 10.4 Å². The molecule has 2 heterocycles. The summed E-state index contributed by atoms with van der Waals surface area (Å²) in [5.41, 5.74) is 5.41. The summed E-state index contributed by atoms with van der Waals surface area (Å²) in [7, 11) is 2.02. The van der Waals surface area contributed by atoms with E-state index in [-0.39, 0.29) is 11.3 Å². The van der Waals surface area contributed by atoms with Crippen molar-refractivity contribution in [3.05, 3.63) is 138 Å². The molecule has 2 unspecified atom stereocenters. The standard InChI is InChI=1S/C32H25N5O/c1-36-21-26(24-16-8-10-18-28(24)36)31(37-29-19-11-9-17-27(29)34-35-37)30(22-12-4-2-5-13-22)25(20-33)32(38)23-14-6-3-7-15-23/h2-19,21,30-31,38H,1H3/b32-25-.